The van der Waals surface area contributed by atoms with Crippen LogP contribution in [0.5, 0.6) is 0 Å². The summed E-state index contributed by atoms with van der Waals surface area (Å²) in [5.41, 5.74) is 9.96. The molecule has 0 atom stereocenters. The maximum absolute atomic E-state index is 12.5. The monoisotopic (exact) mass is 341 g/mol. The first-order valence-electron chi connectivity index (χ1n) is 8.29. The minimum Gasteiger partial charge on any atom is -0.361 e. The number of nitrogens with one attached hydrogen (secondary N) is 3. The van der Waals surface area contributed by atoms with Gasteiger partial charge in [-0.15, -0.1) is 0 Å². The van der Waals surface area contributed by atoms with E-state index in [2.05, 4.69) is 20.8 Å². The first kappa shape index (κ1) is 14.5. The number of benzene rings is 2. The molecule has 0 radical (unpaired) electrons. The van der Waals surface area contributed by atoms with Crippen LogP contribution in [-0.2, 0) is 0 Å². The smallest absolute Gasteiger partial charge is 0.269 e. The minimum atomic E-state index is -0.221. The second-order valence-corrected chi connectivity index (χ2v) is 6.07. The third-order valence-electron chi connectivity index (χ3n) is 4.48. The van der Waals surface area contributed by atoms with Gasteiger partial charge in [-0.25, -0.2) is 4.98 Å². The lowest BCUT2D eigenvalue weighted by Crippen LogP contribution is -2.30. The number of nitrogens with zero attached hydrogens (tertiary/aromatic N) is 2. The summed E-state index contributed by atoms with van der Waals surface area (Å²) in [5, 5.41) is 1.07. The second kappa shape index (κ2) is 5.63. The molecule has 0 aliphatic carbocycles. The number of rotatable bonds is 3. The summed E-state index contributed by atoms with van der Waals surface area (Å²) in [6.45, 7) is 0. The van der Waals surface area contributed by atoms with Gasteiger partial charge in [0.2, 0.25) is 0 Å². The Kier molecular flexibility index (Phi) is 3.15. The molecule has 0 unspecified atom stereocenters. The van der Waals surface area contributed by atoms with Gasteiger partial charge in [0.15, 0.2) is 5.82 Å². The van der Waals surface area contributed by atoms with Gasteiger partial charge >= 0.3 is 0 Å². The van der Waals surface area contributed by atoms with E-state index in [1.165, 1.54) is 0 Å². The summed E-state index contributed by atoms with van der Waals surface area (Å²) >= 11 is 0. The molecule has 5 aromatic rings. The Bertz CT molecular complexity index is 1270. The first-order valence-corrected chi connectivity index (χ1v) is 8.29. The van der Waals surface area contributed by atoms with E-state index in [1.54, 1.807) is 6.07 Å². The van der Waals surface area contributed by atoms with Crippen LogP contribution in [0.1, 0.15) is 10.4 Å². The molecule has 5 rings (SSSR count). The Morgan fingerprint density at radius 3 is 2.85 bits per heavy atom. The van der Waals surface area contributed by atoms with Gasteiger partial charge in [0.1, 0.15) is 0 Å². The topological polar surface area (TPSA) is 74.2 Å². The molecule has 3 heterocycles. The molecule has 3 aromatic heterocycles. The number of para-hydroxylation sites is 2. The van der Waals surface area contributed by atoms with E-state index in [1.807, 2.05) is 71.4 Å². The van der Waals surface area contributed by atoms with Gasteiger partial charge in [-0.3, -0.25) is 15.6 Å². The standard InChI is InChI=1S/C20H15N5O/c26-20(14-8-7-13-9-10-21-16(13)12-14)24-23-19-18-6-3-11-25(18)17-5-2-1-4-15(17)22-19/h1-12,21H,(H,22,23)(H,24,26). The van der Waals surface area contributed by atoms with Crippen LogP contribution in [0.15, 0.2) is 73.1 Å². The molecule has 126 valence electrons. The predicted octanol–water partition coefficient (Wildman–Crippen LogP) is 3.73. The summed E-state index contributed by atoms with van der Waals surface area (Å²) in [6, 6.07) is 19.3. The lowest BCUT2D eigenvalue weighted by atomic mass is 10.1. The quantitative estimate of drug-likeness (QED) is 0.438. The van der Waals surface area contributed by atoms with Gasteiger partial charge in [0.05, 0.1) is 16.6 Å². The third-order valence-corrected chi connectivity index (χ3v) is 4.48. The number of carbonyl (C=O) groups excluding carboxylic acids is 1. The largest absolute Gasteiger partial charge is 0.361 e. The molecule has 0 aliphatic heterocycles. The lowest BCUT2D eigenvalue weighted by molar-refractivity contribution is 0.0962. The van der Waals surface area contributed by atoms with Crippen LogP contribution in [0.4, 0.5) is 5.82 Å². The van der Waals surface area contributed by atoms with Crippen LogP contribution in [0, 0.1) is 0 Å². The van der Waals surface area contributed by atoms with Crippen molar-refractivity contribution in [3.63, 3.8) is 0 Å². The summed E-state index contributed by atoms with van der Waals surface area (Å²) in [6.07, 6.45) is 3.83. The molecule has 3 N–H and O–H groups in total. The Hall–Kier alpha value is -3.80. The molecule has 26 heavy (non-hydrogen) atoms. The molecule has 0 aliphatic rings. The molecule has 0 bridgehead atoms. The van der Waals surface area contributed by atoms with Gasteiger partial charge in [-0.05, 0) is 47.9 Å². The number of amides is 1. The van der Waals surface area contributed by atoms with Crippen LogP contribution >= 0.6 is 0 Å². The van der Waals surface area contributed by atoms with Gasteiger partial charge in [-0.1, -0.05) is 18.2 Å². The molecule has 0 saturated heterocycles. The molecule has 6 heteroatoms. The Balaban J connectivity index is 1.47. The van der Waals surface area contributed by atoms with Crippen molar-refractivity contribution in [2.45, 2.75) is 0 Å². The van der Waals surface area contributed by atoms with Crippen molar-refractivity contribution >= 4 is 39.2 Å². The zero-order valence-electron chi connectivity index (χ0n) is 13.7. The summed E-state index contributed by atoms with van der Waals surface area (Å²) < 4.78 is 2.04. The molecule has 0 spiro atoms. The van der Waals surface area contributed by atoms with Crippen LogP contribution in [0.2, 0.25) is 0 Å². The fourth-order valence-corrected chi connectivity index (χ4v) is 3.19. The normalized spacial score (nSPS) is 11.2. The van der Waals surface area contributed by atoms with Crippen molar-refractivity contribution in [3.05, 3.63) is 78.6 Å². The number of H-pyrrole nitrogens is 1. The van der Waals surface area contributed by atoms with Crippen molar-refractivity contribution in [2.24, 2.45) is 0 Å². The van der Waals surface area contributed by atoms with Gasteiger partial charge in [-0.2, -0.15) is 0 Å². The number of hydrazine groups is 1. The summed E-state index contributed by atoms with van der Waals surface area (Å²) in [5.74, 6) is 0.379. The molecule has 2 aromatic carbocycles. The lowest BCUT2D eigenvalue weighted by Gasteiger charge is -2.11. The highest BCUT2D eigenvalue weighted by Crippen LogP contribution is 2.21. The second-order valence-electron chi connectivity index (χ2n) is 6.07. The molecule has 0 fully saturated rings. The molecule has 1 amide bonds. The van der Waals surface area contributed by atoms with Crippen molar-refractivity contribution in [1.82, 2.24) is 19.8 Å². The average Bonchev–Trinajstić information content (AvgIpc) is 3.34. The molecular weight excluding hydrogens is 326 g/mol. The van der Waals surface area contributed by atoms with E-state index in [-0.39, 0.29) is 5.91 Å². The van der Waals surface area contributed by atoms with Crippen LogP contribution < -0.4 is 10.9 Å². The first-order chi connectivity index (χ1) is 12.8. The number of aromatic nitrogens is 3. The van der Waals surface area contributed by atoms with E-state index >= 15 is 0 Å². The zero-order valence-corrected chi connectivity index (χ0v) is 13.7. The average molecular weight is 341 g/mol. The van der Waals surface area contributed by atoms with E-state index < -0.39 is 0 Å². The zero-order chi connectivity index (χ0) is 17.5. The number of anilines is 1. The molecule has 6 nitrogen and oxygen atoms in total. The highest BCUT2D eigenvalue weighted by molar-refractivity contribution is 5.98. The predicted molar refractivity (Wildman–Crippen MR) is 102 cm³/mol. The van der Waals surface area contributed by atoms with E-state index in [4.69, 9.17) is 0 Å². The van der Waals surface area contributed by atoms with Gasteiger partial charge < -0.3 is 9.38 Å². The molecule has 0 saturated carbocycles. The Morgan fingerprint density at radius 1 is 1.00 bits per heavy atom. The van der Waals surface area contributed by atoms with E-state index in [0.717, 1.165) is 27.5 Å². The Labute approximate surface area is 148 Å². The number of fused-ring (bicyclic) bond motifs is 4. The summed E-state index contributed by atoms with van der Waals surface area (Å²) in [4.78, 5) is 20.2. The van der Waals surface area contributed by atoms with Crippen molar-refractivity contribution in [2.75, 3.05) is 5.43 Å². The van der Waals surface area contributed by atoms with Crippen molar-refractivity contribution in [1.29, 1.82) is 0 Å². The van der Waals surface area contributed by atoms with Crippen LogP contribution in [-0.4, -0.2) is 20.3 Å². The Morgan fingerprint density at radius 2 is 1.88 bits per heavy atom. The van der Waals surface area contributed by atoms with Gasteiger partial charge in [0.25, 0.3) is 5.91 Å². The van der Waals surface area contributed by atoms with Crippen molar-refractivity contribution in [3.8, 4) is 0 Å². The van der Waals surface area contributed by atoms with E-state index in [9.17, 15) is 4.79 Å². The summed E-state index contributed by atoms with van der Waals surface area (Å²) in [7, 11) is 0. The van der Waals surface area contributed by atoms with Crippen molar-refractivity contribution < 1.29 is 4.79 Å². The number of hydrogen-bond donors (Lipinski definition) is 3. The van der Waals surface area contributed by atoms with E-state index in [0.29, 0.717) is 11.4 Å². The van der Waals surface area contributed by atoms with Gasteiger partial charge in [0, 0.05) is 23.5 Å². The SMILES string of the molecule is O=C(NNc1nc2ccccc2n2cccc12)c1ccc2cc[nH]c2c1. The van der Waals surface area contributed by atoms with Crippen LogP contribution in [0.25, 0.3) is 27.5 Å². The number of carbonyl (C=O) groups is 1. The van der Waals surface area contributed by atoms with Crippen LogP contribution in [0.3, 0.4) is 0 Å². The maximum atomic E-state index is 12.5. The fourth-order valence-electron chi connectivity index (χ4n) is 3.19. The number of hydrogen-bond acceptors (Lipinski definition) is 3. The minimum absolute atomic E-state index is 0.221. The highest BCUT2D eigenvalue weighted by atomic mass is 16.2. The maximum Gasteiger partial charge on any atom is 0.269 e. The molecular formula is C20H15N5O. The highest BCUT2D eigenvalue weighted by Gasteiger charge is 2.10. The third kappa shape index (κ3) is 2.28. The number of aromatic amines is 1. The fraction of sp³-hybridized carbons (Fsp3) is 0.